The van der Waals surface area contributed by atoms with Crippen LogP contribution in [0.1, 0.15) is 35.6 Å². The van der Waals surface area contributed by atoms with Gasteiger partial charge in [0.25, 0.3) is 12.3 Å². The van der Waals surface area contributed by atoms with Gasteiger partial charge in [-0.25, -0.2) is 18.6 Å². The van der Waals surface area contributed by atoms with E-state index >= 15 is 4.39 Å². The summed E-state index contributed by atoms with van der Waals surface area (Å²) < 4.78 is 46.7. The quantitative estimate of drug-likeness (QED) is 0.799. The molecule has 1 aliphatic heterocycles. The molecular weight excluding hydrogens is 385 g/mol. The Hall–Kier alpha value is -3.54. The summed E-state index contributed by atoms with van der Waals surface area (Å²) in [5.41, 5.74) is 2.63. The van der Waals surface area contributed by atoms with E-state index in [-0.39, 0.29) is 35.0 Å². The maximum Gasteiger partial charge on any atom is 0.264 e. The van der Waals surface area contributed by atoms with Crippen molar-refractivity contribution in [3.8, 4) is 17.6 Å². The maximum atomic E-state index is 15.1. The zero-order valence-electron chi connectivity index (χ0n) is 15.6. The molecule has 1 unspecified atom stereocenters. The average molecular weight is 402 g/mol. The minimum atomic E-state index is -2.80. The van der Waals surface area contributed by atoms with Gasteiger partial charge in [0.15, 0.2) is 11.6 Å². The first-order valence-electron chi connectivity index (χ1n) is 8.70. The second-order valence-corrected chi connectivity index (χ2v) is 6.57. The molecule has 0 aromatic heterocycles. The fourth-order valence-electron chi connectivity index (χ4n) is 2.78. The third-order valence-electron chi connectivity index (χ3n) is 4.34. The van der Waals surface area contributed by atoms with Crippen LogP contribution < -0.4 is 15.5 Å². The average Bonchev–Trinajstić information content (AvgIpc) is 2.69. The molecule has 0 bridgehead atoms. The van der Waals surface area contributed by atoms with Crippen LogP contribution >= 0.6 is 0 Å². The number of carbonyl (C=O) groups is 1. The van der Waals surface area contributed by atoms with Crippen molar-refractivity contribution < 1.29 is 22.7 Å². The number of halogens is 3. The van der Waals surface area contributed by atoms with Crippen molar-refractivity contribution in [3.05, 3.63) is 58.4 Å². The SMILES string of the molecule is Cc1ccc(CC2=NNC(=O)C(C)N2)c(F)c1Oc1cc(C#N)cc(C(F)F)c1. The normalized spacial score (nSPS) is 16.0. The van der Waals surface area contributed by atoms with Crippen LogP contribution in [-0.4, -0.2) is 17.8 Å². The van der Waals surface area contributed by atoms with Gasteiger partial charge in [-0.2, -0.15) is 10.4 Å². The summed E-state index contributed by atoms with van der Waals surface area (Å²) in [4.78, 5) is 11.4. The third-order valence-corrected chi connectivity index (χ3v) is 4.34. The van der Waals surface area contributed by atoms with Crippen molar-refractivity contribution in [2.75, 3.05) is 0 Å². The molecule has 0 saturated carbocycles. The minimum absolute atomic E-state index is 0.0162. The molecule has 0 fully saturated rings. The molecular formula is C20H17F3N4O2. The van der Waals surface area contributed by atoms with Crippen molar-refractivity contribution in [2.45, 2.75) is 32.7 Å². The Morgan fingerprint density at radius 3 is 2.72 bits per heavy atom. The molecule has 2 N–H and O–H groups in total. The molecule has 0 saturated heterocycles. The van der Waals surface area contributed by atoms with E-state index in [1.54, 1.807) is 32.0 Å². The fourth-order valence-corrected chi connectivity index (χ4v) is 2.78. The second-order valence-electron chi connectivity index (χ2n) is 6.57. The topological polar surface area (TPSA) is 86.5 Å². The molecule has 1 amide bonds. The van der Waals surface area contributed by atoms with E-state index < -0.39 is 23.8 Å². The van der Waals surface area contributed by atoms with Gasteiger partial charge in [0, 0.05) is 12.0 Å². The zero-order valence-corrected chi connectivity index (χ0v) is 15.6. The van der Waals surface area contributed by atoms with Crippen LogP contribution in [0.25, 0.3) is 0 Å². The lowest BCUT2D eigenvalue weighted by Crippen LogP contribution is -2.49. The molecule has 0 aliphatic carbocycles. The number of ether oxygens (including phenoxy) is 1. The Labute approximate surface area is 165 Å². The van der Waals surface area contributed by atoms with Crippen molar-refractivity contribution >= 4 is 11.7 Å². The van der Waals surface area contributed by atoms with Crippen LogP contribution in [0.5, 0.6) is 11.5 Å². The molecule has 6 nitrogen and oxygen atoms in total. The van der Waals surface area contributed by atoms with E-state index in [1.165, 1.54) is 6.07 Å². The Morgan fingerprint density at radius 1 is 1.31 bits per heavy atom. The molecule has 29 heavy (non-hydrogen) atoms. The van der Waals surface area contributed by atoms with Gasteiger partial charge in [0.05, 0.1) is 11.6 Å². The van der Waals surface area contributed by atoms with Gasteiger partial charge in [0.2, 0.25) is 0 Å². The Morgan fingerprint density at radius 2 is 2.07 bits per heavy atom. The number of hydrazone groups is 1. The van der Waals surface area contributed by atoms with E-state index in [1.807, 2.05) is 0 Å². The number of alkyl halides is 2. The van der Waals surface area contributed by atoms with Crippen LogP contribution in [0, 0.1) is 24.1 Å². The second kappa shape index (κ2) is 8.22. The first kappa shape index (κ1) is 20.2. The van der Waals surface area contributed by atoms with Crippen molar-refractivity contribution in [3.63, 3.8) is 0 Å². The highest BCUT2D eigenvalue weighted by molar-refractivity contribution is 5.94. The monoisotopic (exact) mass is 402 g/mol. The van der Waals surface area contributed by atoms with E-state index in [2.05, 4.69) is 15.8 Å². The molecule has 0 spiro atoms. The number of hydrogen-bond acceptors (Lipinski definition) is 5. The maximum absolute atomic E-state index is 15.1. The van der Waals surface area contributed by atoms with Crippen LogP contribution in [0.2, 0.25) is 0 Å². The standard InChI is InChI=1S/C20H17F3N4O2/c1-10-3-4-13(8-16-25-11(2)20(28)27-26-16)17(21)18(10)29-15-6-12(9-24)5-14(7-15)19(22)23/h3-7,11,19H,8H2,1-2H3,(H,25,26)(H,27,28). The van der Waals surface area contributed by atoms with E-state index in [4.69, 9.17) is 10.00 Å². The number of aryl methyl sites for hydroxylation is 1. The summed E-state index contributed by atoms with van der Waals surface area (Å²) in [6.45, 7) is 3.26. The summed E-state index contributed by atoms with van der Waals surface area (Å²) >= 11 is 0. The minimum Gasteiger partial charge on any atom is -0.454 e. The Kier molecular flexibility index (Phi) is 5.73. The molecule has 150 valence electrons. The number of benzene rings is 2. The molecule has 0 radical (unpaired) electrons. The zero-order chi connectivity index (χ0) is 21.1. The number of hydrogen-bond donors (Lipinski definition) is 2. The smallest absolute Gasteiger partial charge is 0.264 e. The predicted molar refractivity (Wildman–Crippen MR) is 99.2 cm³/mol. The lowest BCUT2D eigenvalue weighted by Gasteiger charge is -2.21. The molecule has 3 rings (SSSR count). The van der Waals surface area contributed by atoms with E-state index in [9.17, 15) is 13.6 Å². The van der Waals surface area contributed by atoms with Crippen molar-refractivity contribution in [1.82, 2.24) is 10.7 Å². The van der Waals surface area contributed by atoms with Gasteiger partial charge in [-0.3, -0.25) is 4.79 Å². The summed E-state index contributed by atoms with van der Waals surface area (Å²) in [6, 6.07) is 7.85. The van der Waals surface area contributed by atoms with Gasteiger partial charge >= 0.3 is 0 Å². The van der Waals surface area contributed by atoms with Crippen LogP contribution in [0.4, 0.5) is 13.2 Å². The van der Waals surface area contributed by atoms with Gasteiger partial charge in [-0.05, 0) is 43.2 Å². The largest absolute Gasteiger partial charge is 0.454 e. The molecule has 1 aliphatic rings. The third kappa shape index (κ3) is 4.48. The summed E-state index contributed by atoms with van der Waals surface area (Å²) in [5.74, 6) is -0.801. The number of carbonyl (C=O) groups excluding carboxylic acids is 1. The Balaban J connectivity index is 1.91. The highest BCUT2D eigenvalue weighted by Gasteiger charge is 2.22. The number of amidine groups is 1. The first-order valence-corrected chi connectivity index (χ1v) is 8.70. The number of nitrogens with one attached hydrogen (secondary N) is 2. The molecule has 2 aromatic carbocycles. The number of amides is 1. The summed E-state index contributed by atoms with van der Waals surface area (Å²) in [5, 5.41) is 15.8. The highest BCUT2D eigenvalue weighted by atomic mass is 19.3. The van der Waals surface area contributed by atoms with Crippen molar-refractivity contribution in [1.29, 1.82) is 5.26 Å². The van der Waals surface area contributed by atoms with Gasteiger partial charge < -0.3 is 10.1 Å². The van der Waals surface area contributed by atoms with E-state index in [0.29, 0.717) is 11.4 Å². The lowest BCUT2D eigenvalue weighted by atomic mass is 10.1. The number of nitrogens with zero attached hydrogens (tertiary/aromatic N) is 2. The molecule has 2 aromatic rings. The van der Waals surface area contributed by atoms with Crippen LogP contribution in [0.15, 0.2) is 35.4 Å². The van der Waals surface area contributed by atoms with Gasteiger partial charge in [-0.1, -0.05) is 12.1 Å². The molecule has 1 heterocycles. The van der Waals surface area contributed by atoms with Crippen LogP contribution in [-0.2, 0) is 11.2 Å². The lowest BCUT2D eigenvalue weighted by molar-refractivity contribution is -0.122. The Bertz CT molecular complexity index is 1030. The van der Waals surface area contributed by atoms with E-state index in [0.717, 1.165) is 12.1 Å². The van der Waals surface area contributed by atoms with Gasteiger partial charge in [-0.15, -0.1) is 0 Å². The predicted octanol–water partition coefficient (Wildman–Crippen LogP) is 3.70. The first-order chi connectivity index (χ1) is 13.8. The fraction of sp³-hybridized carbons (Fsp3) is 0.250. The molecule has 1 atom stereocenters. The van der Waals surface area contributed by atoms with Crippen molar-refractivity contribution in [2.24, 2.45) is 5.10 Å². The highest BCUT2D eigenvalue weighted by Crippen LogP contribution is 2.33. The van der Waals surface area contributed by atoms with Gasteiger partial charge in [0.1, 0.15) is 17.6 Å². The summed E-state index contributed by atoms with van der Waals surface area (Å²) in [7, 11) is 0. The molecule has 9 heteroatoms. The number of nitriles is 1. The van der Waals surface area contributed by atoms with Crippen LogP contribution in [0.3, 0.4) is 0 Å². The summed E-state index contributed by atoms with van der Waals surface area (Å²) in [6.07, 6.45) is -2.73. The number of rotatable bonds is 5.